The fourth-order valence-electron chi connectivity index (χ4n) is 3.00. The molecule has 3 rings (SSSR count). The van der Waals surface area contributed by atoms with Gasteiger partial charge in [0.15, 0.2) is 12.4 Å². The molecule has 0 aliphatic carbocycles. The summed E-state index contributed by atoms with van der Waals surface area (Å²) >= 11 is 3.35. The molecule has 0 spiro atoms. The van der Waals surface area contributed by atoms with Crippen molar-refractivity contribution in [1.29, 1.82) is 5.26 Å². The lowest BCUT2D eigenvalue weighted by Gasteiger charge is -2.11. The summed E-state index contributed by atoms with van der Waals surface area (Å²) in [5.74, 6) is 0.399. The molecular weight excluding hydrogens is 482 g/mol. The maximum absolute atomic E-state index is 13.0. The van der Waals surface area contributed by atoms with Crippen LogP contribution in [0.25, 0.3) is 10.9 Å². The summed E-state index contributed by atoms with van der Waals surface area (Å²) in [6.45, 7) is 3.41. The van der Waals surface area contributed by atoms with Gasteiger partial charge in [-0.25, -0.2) is 4.98 Å². The van der Waals surface area contributed by atoms with Crippen molar-refractivity contribution in [2.24, 2.45) is 5.10 Å². The van der Waals surface area contributed by atoms with Crippen LogP contribution in [0.5, 0.6) is 11.5 Å². The second-order valence-corrected chi connectivity index (χ2v) is 7.32. The fourth-order valence-corrected chi connectivity index (χ4v) is 3.36. The summed E-state index contributed by atoms with van der Waals surface area (Å²) in [7, 11) is 0. The minimum absolute atomic E-state index is 0.0991. The van der Waals surface area contributed by atoms with Gasteiger partial charge >= 0.3 is 5.69 Å². The third kappa shape index (κ3) is 4.76. The zero-order valence-electron chi connectivity index (χ0n) is 17.2. The quantitative estimate of drug-likeness (QED) is 0.261. The van der Waals surface area contributed by atoms with Crippen LogP contribution in [0.3, 0.4) is 0 Å². The molecule has 11 heteroatoms. The smallest absolute Gasteiger partial charge is 0.315 e. The first-order valence-electron chi connectivity index (χ1n) is 9.60. The number of rotatable bonds is 8. The summed E-state index contributed by atoms with van der Waals surface area (Å²) in [5, 5.41) is 25.0. The predicted molar refractivity (Wildman–Crippen MR) is 121 cm³/mol. The van der Waals surface area contributed by atoms with Crippen molar-refractivity contribution in [2.45, 2.75) is 20.3 Å². The molecular formula is C21H18BrN5O5. The Hall–Kier alpha value is -3.78. The van der Waals surface area contributed by atoms with E-state index in [0.29, 0.717) is 28.7 Å². The van der Waals surface area contributed by atoms with E-state index in [0.717, 1.165) is 4.47 Å². The van der Waals surface area contributed by atoms with Gasteiger partial charge in [-0.05, 0) is 31.2 Å². The predicted octanol–water partition coefficient (Wildman–Crippen LogP) is 3.81. The van der Waals surface area contributed by atoms with Crippen LogP contribution in [-0.4, -0.2) is 34.0 Å². The van der Waals surface area contributed by atoms with Gasteiger partial charge in [0.25, 0.3) is 5.56 Å². The normalized spacial score (nSPS) is 10.9. The minimum Gasteiger partial charge on any atom is -0.490 e. The van der Waals surface area contributed by atoms with Gasteiger partial charge < -0.3 is 9.47 Å². The van der Waals surface area contributed by atoms with E-state index in [-0.39, 0.29) is 36.0 Å². The number of nitrogens with zero attached hydrogens (tertiary/aromatic N) is 5. The number of hydrogen-bond acceptors (Lipinski definition) is 8. The highest BCUT2D eigenvalue weighted by atomic mass is 79.9. The van der Waals surface area contributed by atoms with Gasteiger partial charge in [-0.3, -0.25) is 14.9 Å². The molecule has 0 atom stereocenters. The Bertz CT molecular complexity index is 1310. The molecule has 2 aromatic carbocycles. The number of nitro groups is 1. The Morgan fingerprint density at radius 2 is 2.09 bits per heavy atom. The zero-order valence-corrected chi connectivity index (χ0v) is 18.8. The Morgan fingerprint density at radius 3 is 2.75 bits per heavy atom. The zero-order chi connectivity index (χ0) is 23.3. The highest BCUT2D eigenvalue weighted by Crippen LogP contribution is 2.38. The van der Waals surface area contributed by atoms with Gasteiger partial charge in [0, 0.05) is 22.5 Å². The van der Waals surface area contributed by atoms with Crippen molar-refractivity contribution in [3.05, 3.63) is 66.7 Å². The number of nitro benzene ring substituents is 1. The number of benzene rings is 2. The third-order valence-corrected chi connectivity index (χ3v) is 4.84. The Balaban J connectivity index is 2.14. The van der Waals surface area contributed by atoms with Gasteiger partial charge in [0.1, 0.15) is 11.9 Å². The molecule has 3 aromatic rings. The van der Waals surface area contributed by atoms with E-state index in [1.165, 1.54) is 23.0 Å². The second kappa shape index (κ2) is 10.0. The van der Waals surface area contributed by atoms with Crippen LogP contribution in [0.2, 0.25) is 0 Å². The SMILES string of the molecule is CCOc1cc(C=Nn2c(CC)nc3ccc(Br)cc3c2=O)cc([N+](=O)[O-])c1OCC#N. The number of aryl methyl sites for hydroxylation is 1. The standard InChI is InChI=1S/C21H18BrN5O5/c1-3-19-25-16-6-5-14(22)11-15(16)21(28)26(19)24-12-13-9-17(27(29)30)20(32-8-7-23)18(10-13)31-4-2/h5-6,9-12H,3-4,8H2,1-2H3. The second-order valence-electron chi connectivity index (χ2n) is 6.41. The van der Waals surface area contributed by atoms with Crippen LogP contribution >= 0.6 is 15.9 Å². The lowest BCUT2D eigenvalue weighted by Crippen LogP contribution is -2.22. The lowest BCUT2D eigenvalue weighted by atomic mass is 10.2. The Labute approximate surface area is 191 Å². The average molecular weight is 500 g/mol. The molecule has 164 valence electrons. The van der Waals surface area contributed by atoms with Crippen LogP contribution in [0.15, 0.2) is 44.7 Å². The van der Waals surface area contributed by atoms with Gasteiger partial charge in [0.2, 0.25) is 5.75 Å². The van der Waals surface area contributed by atoms with Crippen molar-refractivity contribution in [3.63, 3.8) is 0 Å². The average Bonchev–Trinajstić information content (AvgIpc) is 2.77. The van der Waals surface area contributed by atoms with E-state index in [2.05, 4.69) is 26.0 Å². The van der Waals surface area contributed by atoms with Crippen molar-refractivity contribution in [1.82, 2.24) is 9.66 Å². The largest absolute Gasteiger partial charge is 0.490 e. The summed E-state index contributed by atoms with van der Waals surface area (Å²) in [5.41, 5.74) is 0.122. The number of hydrogen-bond donors (Lipinski definition) is 0. The van der Waals surface area contributed by atoms with E-state index < -0.39 is 4.92 Å². The minimum atomic E-state index is -0.634. The number of fused-ring (bicyclic) bond motifs is 1. The van der Waals surface area contributed by atoms with Crippen molar-refractivity contribution < 1.29 is 14.4 Å². The first kappa shape index (κ1) is 22.9. The Kier molecular flexibility index (Phi) is 7.17. The number of nitriles is 1. The molecule has 0 fully saturated rings. The van der Waals surface area contributed by atoms with Gasteiger partial charge in [-0.15, -0.1) is 0 Å². The van der Waals surface area contributed by atoms with Crippen molar-refractivity contribution in [2.75, 3.05) is 13.2 Å². The van der Waals surface area contributed by atoms with Gasteiger partial charge in [-0.2, -0.15) is 15.0 Å². The van der Waals surface area contributed by atoms with Crippen LogP contribution in [-0.2, 0) is 6.42 Å². The van der Waals surface area contributed by atoms with Crippen LogP contribution in [0.1, 0.15) is 25.2 Å². The molecule has 0 aliphatic heterocycles. The third-order valence-electron chi connectivity index (χ3n) is 4.35. The van der Waals surface area contributed by atoms with E-state index in [4.69, 9.17) is 14.7 Å². The summed E-state index contributed by atoms with van der Waals surface area (Å²) in [6, 6.07) is 9.71. The van der Waals surface area contributed by atoms with Gasteiger partial charge in [-0.1, -0.05) is 22.9 Å². The molecule has 0 amide bonds. The number of ether oxygens (including phenoxy) is 2. The van der Waals surface area contributed by atoms with E-state index in [9.17, 15) is 14.9 Å². The summed E-state index contributed by atoms with van der Waals surface area (Å²) in [6.07, 6.45) is 1.76. The summed E-state index contributed by atoms with van der Waals surface area (Å²) < 4.78 is 12.6. The molecule has 1 heterocycles. The maximum Gasteiger partial charge on any atom is 0.315 e. The van der Waals surface area contributed by atoms with E-state index in [1.807, 2.05) is 6.92 Å². The molecule has 0 radical (unpaired) electrons. The molecule has 1 aromatic heterocycles. The highest BCUT2D eigenvalue weighted by Gasteiger charge is 2.22. The molecule has 10 nitrogen and oxygen atoms in total. The number of halogens is 1. The molecule has 0 aliphatic rings. The van der Waals surface area contributed by atoms with Crippen molar-refractivity contribution in [3.8, 4) is 17.6 Å². The van der Waals surface area contributed by atoms with E-state index in [1.54, 1.807) is 31.2 Å². The van der Waals surface area contributed by atoms with Crippen LogP contribution in [0, 0.1) is 21.4 Å². The molecule has 0 saturated heterocycles. The fraction of sp³-hybridized carbons (Fsp3) is 0.238. The maximum atomic E-state index is 13.0. The lowest BCUT2D eigenvalue weighted by molar-refractivity contribution is -0.385. The van der Waals surface area contributed by atoms with Crippen LogP contribution < -0.4 is 15.0 Å². The van der Waals surface area contributed by atoms with Gasteiger partial charge in [0.05, 0.1) is 28.6 Å². The van der Waals surface area contributed by atoms with E-state index >= 15 is 0 Å². The van der Waals surface area contributed by atoms with Crippen molar-refractivity contribution >= 4 is 38.7 Å². The topological polar surface area (TPSA) is 133 Å². The molecule has 0 unspecified atom stereocenters. The first-order chi connectivity index (χ1) is 15.4. The first-order valence-corrected chi connectivity index (χ1v) is 10.4. The monoisotopic (exact) mass is 499 g/mol. The molecule has 0 N–H and O–H groups in total. The number of aromatic nitrogens is 2. The molecule has 0 saturated carbocycles. The molecule has 32 heavy (non-hydrogen) atoms. The molecule has 0 bridgehead atoms. The highest BCUT2D eigenvalue weighted by molar-refractivity contribution is 9.10. The van der Waals surface area contributed by atoms with Crippen LogP contribution in [0.4, 0.5) is 5.69 Å². The Morgan fingerprint density at radius 1 is 1.31 bits per heavy atom. The summed E-state index contributed by atoms with van der Waals surface area (Å²) in [4.78, 5) is 28.4.